The van der Waals surface area contributed by atoms with Gasteiger partial charge >= 0.3 is 0 Å². The minimum absolute atomic E-state index is 1.02. The van der Waals surface area contributed by atoms with Crippen LogP contribution in [0.1, 0.15) is 12.6 Å². The second-order valence-electron chi connectivity index (χ2n) is 3.03. The molecule has 0 fully saturated rings. The van der Waals surface area contributed by atoms with Crippen LogP contribution in [0.3, 0.4) is 0 Å². The van der Waals surface area contributed by atoms with Crippen LogP contribution in [-0.2, 0) is 13.1 Å². The Morgan fingerprint density at radius 1 is 1.58 bits per heavy atom. The van der Waals surface area contributed by atoms with Crippen LogP contribution in [0.5, 0.6) is 0 Å². The lowest BCUT2D eigenvalue weighted by Crippen LogP contribution is -2.33. The Balaban J connectivity index is 2.26. The topological polar surface area (TPSA) is 21.1 Å². The first-order chi connectivity index (χ1) is 5.81. The van der Waals surface area contributed by atoms with Gasteiger partial charge < -0.3 is 0 Å². The fourth-order valence-corrected chi connectivity index (χ4v) is 1.96. The molecule has 1 aromatic rings. The Hall–Kier alpha value is -0.350. The van der Waals surface area contributed by atoms with Gasteiger partial charge in [-0.15, -0.1) is 0 Å². The second kappa shape index (κ2) is 3.18. The van der Waals surface area contributed by atoms with Crippen LogP contribution < -0.4 is 0 Å². The van der Waals surface area contributed by atoms with Gasteiger partial charge in [-0.25, -0.2) is 0 Å². The minimum atomic E-state index is 1.02. The average molecular weight is 230 g/mol. The molecule has 0 aromatic carbocycles. The Kier molecular flexibility index (Phi) is 2.19. The van der Waals surface area contributed by atoms with Crippen LogP contribution in [0.25, 0.3) is 0 Å². The Morgan fingerprint density at radius 2 is 2.42 bits per heavy atom. The van der Waals surface area contributed by atoms with E-state index in [1.54, 1.807) is 0 Å². The average Bonchev–Trinajstić information content (AvgIpc) is 2.47. The minimum Gasteiger partial charge on any atom is -0.296 e. The smallest absolute Gasteiger partial charge is 0.0667 e. The van der Waals surface area contributed by atoms with Crippen LogP contribution in [0.4, 0.5) is 0 Å². The predicted molar refractivity (Wildman–Crippen MR) is 50.9 cm³/mol. The number of halogens is 1. The van der Waals surface area contributed by atoms with Crippen LogP contribution >= 0.6 is 15.9 Å². The first-order valence-electron chi connectivity index (χ1n) is 4.24. The Labute approximate surface area is 80.5 Å². The van der Waals surface area contributed by atoms with Crippen molar-refractivity contribution in [1.29, 1.82) is 0 Å². The van der Waals surface area contributed by atoms with E-state index in [1.807, 2.05) is 6.20 Å². The summed E-state index contributed by atoms with van der Waals surface area (Å²) in [5.74, 6) is 0. The molecule has 2 heterocycles. The Morgan fingerprint density at radius 3 is 3.17 bits per heavy atom. The summed E-state index contributed by atoms with van der Waals surface area (Å²) in [5.41, 5.74) is 1.31. The molecule has 0 amide bonds. The third-order valence-electron chi connectivity index (χ3n) is 2.35. The van der Waals surface area contributed by atoms with Gasteiger partial charge in [-0.05, 0) is 22.5 Å². The number of fused-ring (bicyclic) bond motifs is 1. The molecule has 0 bridgehead atoms. The number of hydrogen-bond donors (Lipinski definition) is 0. The third-order valence-corrected chi connectivity index (χ3v) is 3.01. The van der Waals surface area contributed by atoms with E-state index in [0.717, 1.165) is 30.7 Å². The van der Waals surface area contributed by atoms with Crippen molar-refractivity contribution in [3.05, 3.63) is 16.4 Å². The fourth-order valence-electron chi connectivity index (χ4n) is 1.53. The van der Waals surface area contributed by atoms with Gasteiger partial charge in [0.25, 0.3) is 0 Å². The van der Waals surface area contributed by atoms with Crippen LogP contribution in [0.15, 0.2) is 10.7 Å². The van der Waals surface area contributed by atoms with Crippen molar-refractivity contribution in [2.75, 3.05) is 13.1 Å². The maximum atomic E-state index is 4.27. The van der Waals surface area contributed by atoms with Crippen molar-refractivity contribution in [3.8, 4) is 0 Å². The summed E-state index contributed by atoms with van der Waals surface area (Å²) >= 11 is 3.50. The van der Waals surface area contributed by atoms with E-state index in [9.17, 15) is 0 Å². The molecule has 0 N–H and O–H groups in total. The van der Waals surface area contributed by atoms with Crippen molar-refractivity contribution >= 4 is 15.9 Å². The lowest BCUT2D eigenvalue weighted by molar-refractivity contribution is 0.223. The zero-order valence-electron chi connectivity index (χ0n) is 7.13. The molecular weight excluding hydrogens is 218 g/mol. The normalized spacial score (nSPS) is 17.8. The van der Waals surface area contributed by atoms with E-state index < -0.39 is 0 Å². The monoisotopic (exact) mass is 229 g/mol. The highest BCUT2D eigenvalue weighted by molar-refractivity contribution is 9.10. The molecule has 1 aromatic heterocycles. The molecule has 0 spiro atoms. The van der Waals surface area contributed by atoms with E-state index in [0.29, 0.717) is 0 Å². The molecule has 0 aliphatic carbocycles. The molecule has 12 heavy (non-hydrogen) atoms. The molecular formula is C8H12BrN3. The van der Waals surface area contributed by atoms with Crippen LogP contribution in [0, 0.1) is 0 Å². The Bertz CT molecular complexity index is 282. The number of rotatable bonds is 1. The van der Waals surface area contributed by atoms with Gasteiger partial charge in [-0.1, -0.05) is 6.92 Å². The van der Waals surface area contributed by atoms with Gasteiger partial charge in [0.1, 0.15) is 0 Å². The molecule has 0 radical (unpaired) electrons. The first kappa shape index (κ1) is 8.26. The summed E-state index contributed by atoms with van der Waals surface area (Å²) < 4.78 is 3.22. The van der Waals surface area contributed by atoms with E-state index in [1.165, 1.54) is 5.69 Å². The largest absolute Gasteiger partial charge is 0.296 e. The summed E-state index contributed by atoms with van der Waals surface area (Å²) in [4.78, 5) is 2.42. The standard InChI is InChI=1S/C8H12BrN3/c1-2-11-3-4-12-8(6-11)7(9)5-10-12/h5H,2-4,6H2,1H3. The van der Waals surface area contributed by atoms with Crippen molar-refractivity contribution in [3.63, 3.8) is 0 Å². The van der Waals surface area contributed by atoms with E-state index in [-0.39, 0.29) is 0 Å². The molecule has 0 atom stereocenters. The molecule has 2 rings (SSSR count). The van der Waals surface area contributed by atoms with Gasteiger partial charge in [0.2, 0.25) is 0 Å². The molecule has 0 saturated carbocycles. The summed E-state index contributed by atoms with van der Waals surface area (Å²) in [5, 5.41) is 4.27. The lowest BCUT2D eigenvalue weighted by Gasteiger charge is -2.26. The van der Waals surface area contributed by atoms with Crippen LogP contribution in [-0.4, -0.2) is 27.8 Å². The molecule has 66 valence electrons. The van der Waals surface area contributed by atoms with Crippen molar-refractivity contribution in [1.82, 2.24) is 14.7 Å². The number of aromatic nitrogens is 2. The highest BCUT2D eigenvalue weighted by atomic mass is 79.9. The maximum absolute atomic E-state index is 4.27. The molecule has 4 heteroatoms. The number of hydrogen-bond acceptors (Lipinski definition) is 2. The van der Waals surface area contributed by atoms with Gasteiger partial charge in [-0.2, -0.15) is 5.10 Å². The molecule has 0 saturated heterocycles. The van der Waals surface area contributed by atoms with E-state index >= 15 is 0 Å². The number of likely N-dealkylation sites (N-methyl/N-ethyl adjacent to an activating group) is 1. The van der Waals surface area contributed by atoms with Crippen molar-refractivity contribution < 1.29 is 0 Å². The van der Waals surface area contributed by atoms with Gasteiger partial charge in [0.15, 0.2) is 0 Å². The number of nitrogens with zero attached hydrogens (tertiary/aromatic N) is 3. The highest BCUT2D eigenvalue weighted by Gasteiger charge is 2.17. The lowest BCUT2D eigenvalue weighted by atomic mass is 10.3. The second-order valence-corrected chi connectivity index (χ2v) is 3.89. The molecule has 1 aliphatic rings. The predicted octanol–water partition coefficient (Wildman–Crippen LogP) is 1.48. The highest BCUT2D eigenvalue weighted by Crippen LogP contribution is 2.20. The van der Waals surface area contributed by atoms with Gasteiger partial charge in [-0.3, -0.25) is 9.58 Å². The summed E-state index contributed by atoms with van der Waals surface area (Å²) in [7, 11) is 0. The van der Waals surface area contributed by atoms with E-state index in [2.05, 4.69) is 37.5 Å². The van der Waals surface area contributed by atoms with Crippen LogP contribution in [0.2, 0.25) is 0 Å². The first-order valence-corrected chi connectivity index (χ1v) is 5.03. The SMILES string of the molecule is CCN1CCn2ncc(Br)c2C1. The van der Waals surface area contributed by atoms with Gasteiger partial charge in [0, 0.05) is 13.1 Å². The summed E-state index contributed by atoms with van der Waals surface area (Å²) in [6, 6.07) is 0. The van der Waals surface area contributed by atoms with Crippen molar-refractivity contribution in [2.24, 2.45) is 0 Å². The molecule has 0 unspecified atom stereocenters. The summed E-state index contributed by atoms with van der Waals surface area (Å²) in [6.45, 7) is 6.49. The zero-order chi connectivity index (χ0) is 8.55. The van der Waals surface area contributed by atoms with Crippen molar-refractivity contribution in [2.45, 2.75) is 20.0 Å². The molecule has 3 nitrogen and oxygen atoms in total. The molecule has 1 aliphatic heterocycles. The van der Waals surface area contributed by atoms with E-state index in [4.69, 9.17) is 0 Å². The zero-order valence-corrected chi connectivity index (χ0v) is 8.71. The van der Waals surface area contributed by atoms with Gasteiger partial charge in [0.05, 0.1) is 22.9 Å². The quantitative estimate of drug-likeness (QED) is 0.728. The maximum Gasteiger partial charge on any atom is 0.0667 e. The third kappa shape index (κ3) is 1.29. The summed E-state index contributed by atoms with van der Waals surface area (Å²) in [6.07, 6.45) is 1.88. The fraction of sp³-hybridized carbons (Fsp3) is 0.625.